The van der Waals surface area contributed by atoms with Gasteiger partial charge in [0.2, 0.25) is 0 Å². The quantitative estimate of drug-likeness (QED) is 0.698. The monoisotopic (exact) mass is 369 g/mol. The second-order valence-electron chi connectivity index (χ2n) is 6.47. The van der Waals surface area contributed by atoms with Crippen molar-refractivity contribution in [2.45, 2.75) is 5.92 Å². The topological polar surface area (TPSA) is 54.5 Å². The first-order valence-corrected chi connectivity index (χ1v) is 8.42. The third kappa shape index (κ3) is 3.40. The maximum Gasteiger partial charge on any atom is 0.337 e. The maximum atomic E-state index is 13.2. The molecule has 0 aliphatic carbocycles. The summed E-state index contributed by atoms with van der Waals surface area (Å²) in [5, 5.41) is 4.13. The number of nitrogens with one attached hydrogen (secondary N) is 1. The normalized spacial score (nSPS) is 15.3. The molecule has 5 nitrogen and oxygen atoms in total. The number of halogens is 2. The molecule has 1 fully saturated rings. The van der Waals surface area contributed by atoms with Gasteiger partial charge in [-0.2, -0.15) is 0 Å². The van der Waals surface area contributed by atoms with Gasteiger partial charge in [-0.15, -0.1) is 0 Å². The van der Waals surface area contributed by atoms with Gasteiger partial charge in [0.15, 0.2) is 0 Å². The van der Waals surface area contributed by atoms with Crippen LogP contribution in [0.4, 0.5) is 25.8 Å². The zero-order valence-corrected chi connectivity index (χ0v) is 14.6. The summed E-state index contributed by atoms with van der Waals surface area (Å²) in [4.78, 5) is 17.5. The van der Waals surface area contributed by atoms with E-state index in [4.69, 9.17) is 4.74 Å². The van der Waals surface area contributed by atoms with Crippen LogP contribution in [0.1, 0.15) is 10.4 Å². The first kappa shape index (κ1) is 17.2. The van der Waals surface area contributed by atoms with E-state index < -0.39 is 11.9 Å². The second-order valence-corrected chi connectivity index (χ2v) is 6.47. The molecule has 1 saturated heterocycles. The number of ether oxygens (including phenoxy) is 1. The van der Waals surface area contributed by atoms with E-state index in [1.807, 2.05) is 18.2 Å². The first-order valence-electron chi connectivity index (χ1n) is 8.42. The number of hydrogen-bond acceptors (Lipinski definition) is 5. The Morgan fingerprint density at radius 1 is 1.15 bits per heavy atom. The number of nitrogens with zero attached hydrogens (tertiary/aromatic N) is 2. The van der Waals surface area contributed by atoms with Crippen molar-refractivity contribution in [1.82, 2.24) is 4.98 Å². The van der Waals surface area contributed by atoms with E-state index in [2.05, 4.69) is 10.3 Å². The molecule has 0 amide bonds. The number of carbonyl (C=O) groups excluding carboxylic acids is 1. The van der Waals surface area contributed by atoms with Crippen LogP contribution in [0.15, 0.2) is 54.7 Å². The molecule has 0 spiro atoms. The van der Waals surface area contributed by atoms with Gasteiger partial charge in [-0.05, 0) is 48.5 Å². The number of aromatic nitrogens is 1. The number of carbonyl (C=O) groups is 1. The van der Waals surface area contributed by atoms with Gasteiger partial charge >= 0.3 is 5.97 Å². The van der Waals surface area contributed by atoms with Crippen molar-refractivity contribution in [2.75, 3.05) is 30.4 Å². The molecule has 0 bridgehead atoms. The fourth-order valence-corrected chi connectivity index (χ4v) is 3.10. The molecule has 1 aromatic heterocycles. The average molecular weight is 369 g/mol. The zero-order chi connectivity index (χ0) is 19.0. The van der Waals surface area contributed by atoms with Gasteiger partial charge < -0.3 is 15.0 Å². The summed E-state index contributed by atoms with van der Waals surface area (Å²) in [5.41, 5.74) is 3.56. The molecule has 0 radical (unpaired) electrons. The van der Waals surface area contributed by atoms with E-state index in [9.17, 15) is 13.6 Å². The lowest BCUT2D eigenvalue weighted by atomic mass is 10.1. The SMILES string of the molecule is COC(=O)c1ccc(Nc2ccnc3ccc(N4CC(F)(F)C4)cc23)cc1. The summed E-state index contributed by atoms with van der Waals surface area (Å²) in [6.45, 7) is -0.535. The number of hydrogen-bond donors (Lipinski definition) is 1. The first-order chi connectivity index (χ1) is 12.9. The van der Waals surface area contributed by atoms with Gasteiger partial charge in [-0.25, -0.2) is 13.6 Å². The molecule has 0 unspecified atom stereocenters. The molecule has 138 valence electrons. The number of methoxy groups -OCH3 is 1. The molecule has 1 aliphatic rings. The average Bonchev–Trinajstić information content (AvgIpc) is 2.66. The fourth-order valence-electron chi connectivity index (χ4n) is 3.10. The van der Waals surface area contributed by atoms with Gasteiger partial charge in [0, 0.05) is 28.6 Å². The van der Waals surface area contributed by atoms with Crippen molar-refractivity contribution >= 4 is 33.9 Å². The molecule has 3 aromatic rings. The molecule has 7 heteroatoms. The van der Waals surface area contributed by atoms with E-state index in [1.165, 1.54) is 7.11 Å². The molecular formula is C20H17F2N3O2. The van der Waals surface area contributed by atoms with Gasteiger partial charge in [0.1, 0.15) is 0 Å². The number of alkyl halides is 2. The van der Waals surface area contributed by atoms with Crippen molar-refractivity contribution in [3.63, 3.8) is 0 Å². The minimum absolute atomic E-state index is 0.267. The predicted octanol–water partition coefficient (Wildman–Crippen LogP) is 4.22. The number of anilines is 3. The fraction of sp³-hybridized carbons (Fsp3) is 0.200. The van der Waals surface area contributed by atoms with E-state index in [0.717, 1.165) is 28.0 Å². The standard InChI is InChI=1S/C20H17F2N3O2/c1-27-19(26)13-2-4-14(5-3-13)24-18-8-9-23-17-7-6-15(10-16(17)18)25-11-20(21,22)12-25/h2-10H,11-12H2,1H3,(H,23,24). The second kappa shape index (κ2) is 6.50. The zero-order valence-electron chi connectivity index (χ0n) is 14.6. The summed E-state index contributed by atoms with van der Waals surface area (Å²) >= 11 is 0. The highest BCUT2D eigenvalue weighted by atomic mass is 19.3. The van der Waals surface area contributed by atoms with Crippen LogP contribution in [0.3, 0.4) is 0 Å². The number of pyridine rings is 1. The highest BCUT2D eigenvalue weighted by Crippen LogP contribution is 2.35. The smallest absolute Gasteiger partial charge is 0.337 e. The molecular weight excluding hydrogens is 352 g/mol. The number of rotatable bonds is 4. The molecule has 2 aromatic carbocycles. The van der Waals surface area contributed by atoms with Crippen LogP contribution in [0.2, 0.25) is 0 Å². The summed E-state index contributed by atoms with van der Waals surface area (Å²) < 4.78 is 31.0. The Bertz CT molecular complexity index is 998. The maximum absolute atomic E-state index is 13.2. The third-order valence-corrected chi connectivity index (χ3v) is 4.52. The minimum Gasteiger partial charge on any atom is -0.465 e. The Balaban J connectivity index is 1.62. The number of fused-ring (bicyclic) bond motifs is 1. The summed E-state index contributed by atoms with van der Waals surface area (Å²) in [6, 6.07) is 14.2. The highest BCUT2D eigenvalue weighted by molar-refractivity contribution is 5.95. The summed E-state index contributed by atoms with van der Waals surface area (Å²) in [6.07, 6.45) is 1.69. The largest absolute Gasteiger partial charge is 0.465 e. The Labute approximate surface area is 154 Å². The lowest BCUT2D eigenvalue weighted by Gasteiger charge is -2.40. The van der Waals surface area contributed by atoms with Gasteiger partial charge in [0.05, 0.1) is 31.3 Å². The number of benzene rings is 2. The third-order valence-electron chi connectivity index (χ3n) is 4.52. The van der Waals surface area contributed by atoms with E-state index in [0.29, 0.717) is 5.56 Å². The molecule has 2 heterocycles. The summed E-state index contributed by atoms with van der Waals surface area (Å²) in [5.74, 6) is -3.02. The van der Waals surface area contributed by atoms with Crippen molar-refractivity contribution in [3.8, 4) is 0 Å². The Morgan fingerprint density at radius 3 is 2.56 bits per heavy atom. The van der Waals surface area contributed by atoms with Crippen LogP contribution in [0.5, 0.6) is 0 Å². The molecule has 0 atom stereocenters. The Hall–Kier alpha value is -3.22. The van der Waals surface area contributed by atoms with Crippen molar-refractivity contribution in [3.05, 3.63) is 60.3 Å². The van der Waals surface area contributed by atoms with Gasteiger partial charge in [0.25, 0.3) is 5.92 Å². The van der Waals surface area contributed by atoms with Crippen LogP contribution in [0.25, 0.3) is 10.9 Å². The van der Waals surface area contributed by atoms with Crippen LogP contribution in [0, 0.1) is 0 Å². The van der Waals surface area contributed by atoms with E-state index >= 15 is 0 Å². The minimum atomic E-state index is -2.62. The van der Waals surface area contributed by atoms with Crippen LogP contribution in [-0.4, -0.2) is 37.1 Å². The Morgan fingerprint density at radius 2 is 1.89 bits per heavy atom. The number of esters is 1. The molecule has 1 aliphatic heterocycles. The molecule has 0 saturated carbocycles. The van der Waals surface area contributed by atoms with Gasteiger partial charge in [-0.1, -0.05) is 0 Å². The van der Waals surface area contributed by atoms with Crippen molar-refractivity contribution in [2.24, 2.45) is 0 Å². The highest BCUT2D eigenvalue weighted by Gasteiger charge is 2.43. The lowest BCUT2D eigenvalue weighted by Crippen LogP contribution is -2.56. The predicted molar refractivity (Wildman–Crippen MR) is 100.0 cm³/mol. The molecule has 4 rings (SSSR count). The lowest BCUT2D eigenvalue weighted by molar-refractivity contribution is -0.0262. The van der Waals surface area contributed by atoms with E-state index in [1.54, 1.807) is 41.4 Å². The van der Waals surface area contributed by atoms with Crippen molar-refractivity contribution in [1.29, 1.82) is 0 Å². The van der Waals surface area contributed by atoms with Crippen LogP contribution in [-0.2, 0) is 4.74 Å². The van der Waals surface area contributed by atoms with E-state index in [-0.39, 0.29) is 13.1 Å². The Kier molecular flexibility index (Phi) is 4.14. The van der Waals surface area contributed by atoms with Crippen molar-refractivity contribution < 1.29 is 18.3 Å². The molecule has 27 heavy (non-hydrogen) atoms. The van der Waals surface area contributed by atoms with Crippen LogP contribution >= 0.6 is 0 Å². The molecule has 1 N–H and O–H groups in total. The van der Waals surface area contributed by atoms with Crippen LogP contribution < -0.4 is 10.2 Å². The summed E-state index contributed by atoms with van der Waals surface area (Å²) in [7, 11) is 1.34. The van der Waals surface area contributed by atoms with Gasteiger partial charge in [-0.3, -0.25) is 4.98 Å².